The van der Waals surface area contributed by atoms with Crippen molar-refractivity contribution in [1.82, 2.24) is 5.32 Å². The summed E-state index contributed by atoms with van der Waals surface area (Å²) in [5.41, 5.74) is 6.32. The Kier molecular flexibility index (Phi) is 3.57. The van der Waals surface area contributed by atoms with Crippen molar-refractivity contribution in [2.24, 2.45) is 0 Å². The standard InChI is InChI=1S/C12H15BrN2O2/c1-7(12(16)15-9-3-4-9)17-11-5-2-8(13)6-10(11)14/h2,5-7,9H,3-4,14H2,1H3,(H,15,16). The Labute approximate surface area is 109 Å². The molecule has 0 heterocycles. The Morgan fingerprint density at radius 3 is 2.88 bits per heavy atom. The van der Waals surface area contributed by atoms with Crippen molar-refractivity contribution in [1.29, 1.82) is 0 Å². The van der Waals surface area contributed by atoms with Crippen molar-refractivity contribution in [2.75, 3.05) is 5.73 Å². The maximum Gasteiger partial charge on any atom is 0.260 e. The number of halogens is 1. The van der Waals surface area contributed by atoms with Crippen LogP contribution in [0.15, 0.2) is 22.7 Å². The summed E-state index contributed by atoms with van der Waals surface area (Å²) in [6.07, 6.45) is 1.61. The van der Waals surface area contributed by atoms with Crippen LogP contribution in [-0.2, 0) is 4.79 Å². The number of rotatable bonds is 4. The van der Waals surface area contributed by atoms with Gasteiger partial charge in [0.1, 0.15) is 5.75 Å². The van der Waals surface area contributed by atoms with Crippen LogP contribution in [0, 0.1) is 0 Å². The molecule has 2 rings (SSSR count). The van der Waals surface area contributed by atoms with Crippen molar-refractivity contribution in [3.05, 3.63) is 22.7 Å². The van der Waals surface area contributed by atoms with E-state index >= 15 is 0 Å². The highest BCUT2D eigenvalue weighted by molar-refractivity contribution is 9.10. The lowest BCUT2D eigenvalue weighted by Gasteiger charge is -2.15. The molecule has 17 heavy (non-hydrogen) atoms. The molecule has 0 aliphatic heterocycles. The fourth-order valence-electron chi connectivity index (χ4n) is 1.42. The quantitative estimate of drug-likeness (QED) is 0.837. The lowest BCUT2D eigenvalue weighted by Crippen LogP contribution is -2.37. The largest absolute Gasteiger partial charge is 0.479 e. The highest BCUT2D eigenvalue weighted by Gasteiger charge is 2.26. The molecule has 5 heteroatoms. The number of nitrogens with two attached hydrogens (primary N) is 1. The van der Waals surface area contributed by atoms with Crippen LogP contribution in [0.3, 0.4) is 0 Å². The molecule has 1 atom stereocenters. The first kappa shape index (κ1) is 12.2. The molecule has 1 aromatic carbocycles. The number of amides is 1. The van der Waals surface area contributed by atoms with E-state index in [0.29, 0.717) is 17.5 Å². The summed E-state index contributed by atoms with van der Waals surface area (Å²) in [7, 11) is 0. The summed E-state index contributed by atoms with van der Waals surface area (Å²) >= 11 is 3.32. The highest BCUT2D eigenvalue weighted by Crippen LogP contribution is 2.26. The third kappa shape index (κ3) is 3.36. The van der Waals surface area contributed by atoms with Crippen molar-refractivity contribution in [2.45, 2.75) is 31.9 Å². The molecule has 1 aliphatic carbocycles. The van der Waals surface area contributed by atoms with E-state index in [2.05, 4.69) is 21.2 Å². The van der Waals surface area contributed by atoms with Crippen LogP contribution in [0.1, 0.15) is 19.8 Å². The number of benzene rings is 1. The Balaban J connectivity index is 1.96. The van der Waals surface area contributed by atoms with Crippen molar-refractivity contribution >= 4 is 27.5 Å². The van der Waals surface area contributed by atoms with Crippen LogP contribution in [0.5, 0.6) is 5.75 Å². The second-order valence-corrected chi connectivity index (χ2v) is 5.14. The Bertz CT molecular complexity index is 433. The Morgan fingerprint density at radius 1 is 1.59 bits per heavy atom. The molecular formula is C12H15BrN2O2. The number of anilines is 1. The van der Waals surface area contributed by atoms with Gasteiger partial charge in [-0.1, -0.05) is 15.9 Å². The van der Waals surface area contributed by atoms with Crippen LogP contribution < -0.4 is 15.8 Å². The van der Waals surface area contributed by atoms with Crippen LogP contribution in [0.4, 0.5) is 5.69 Å². The normalized spacial score (nSPS) is 16.4. The number of nitrogens with one attached hydrogen (secondary N) is 1. The molecule has 1 saturated carbocycles. The monoisotopic (exact) mass is 298 g/mol. The van der Waals surface area contributed by atoms with Gasteiger partial charge in [-0.15, -0.1) is 0 Å². The molecular weight excluding hydrogens is 284 g/mol. The zero-order chi connectivity index (χ0) is 12.4. The van der Waals surface area contributed by atoms with Gasteiger partial charge in [0.05, 0.1) is 5.69 Å². The molecule has 92 valence electrons. The van der Waals surface area contributed by atoms with Crippen LogP contribution in [0.2, 0.25) is 0 Å². The number of hydrogen-bond acceptors (Lipinski definition) is 3. The molecule has 1 amide bonds. The number of carbonyl (C=O) groups is 1. The van der Waals surface area contributed by atoms with Gasteiger partial charge in [-0.05, 0) is 38.0 Å². The SMILES string of the molecule is CC(Oc1ccc(Br)cc1N)C(=O)NC1CC1. The van der Waals surface area contributed by atoms with E-state index in [1.54, 1.807) is 19.1 Å². The lowest BCUT2D eigenvalue weighted by molar-refractivity contribution is -0.127. The van der Waals surface area contributed by atoms with Gasteiger partial charge in [-0.2, -0.15) is 0 Å². The highest BCUT2D eigenvalue weighted by atomic mass is 79.9. The molecule has 0 radical (unpaired) electrons. The Hall–Kier alpha value is -1.23. The van der Waals surface area contributed by atoms with Crippen LogP contribution in [-0.4, -0.2) is 18.1 Å². The van der Waals surface area contributed by atoms with Crippen molar-refractivity contribution in [3.63, 3.8) is 0 Å². The molecule has 0 aromatic heterocycles. The summed E-state index contributed by atoms with van der Waals surface area (Å²) in [6.45, 7) is 1.72. The lowest BCUT2D eigenvalue weighted by atomic mass is 10.3. The maximum absolute atomic E-state index is 11.7. The fraction of sp³-hybridized carbons (Fsp3) is 0.417. The number of nitrogen functional groups attached to an aromatic ring is 1. The minimum Gasteiger partial charge on any atom is -0.479 e. The number of carbonyl (C=O) groups excluding carboxylic acids is 1. The molecule has 3 N–H and O–H groups in total. The summed E-state index contributed by atoms with van der Waals surface area (Å²) in [5, 5.41) is 2.89. The second-order valence-electron chi connectivity index (χ2n) is 4.23. The molecule has 1 unspecified atom stereocenters. The molecule has 0 spiro atoms. The van der Waals surface area contributed by atoms with Crippen LogP contribution >= 0.6 is 15.9 Å². The summed E-state index contributed by atoms with van der Waals surface area (Å²) in [4.78, 5) is 11.7. The summed E-state index contributed by atoms with van der Waals surface area (Å²) in [6, 6.07) is 5.68. The minimum absolute atomic E-state index is 0.0881. The third-order valence-corrected chi connectivity index (χ3v) is 3.06. The zero-order valence-corrected chi connectivity index (χ0v) is 11.2. The van der Waals surface area contributed by atoms with E-state index in [0.717, 1.165) is 17.3 Å². The molecule has 1 fully saturated rings. The number of hydrogen-bond donors (Lipinski definition) is 2. The van der Waals surface area contributed by atoms with Gasteiger partial charge in [0, 0.05) is 10.5 Å². The van der Waals surface area contributed by atoms with E-state index in [-0.39, 0.29) is 5.91 Å². The van der Waals surface area contributed by atoms with E-state index in [1.807, 2.05) is 6.07 Å². The first-order valence-electron chi connectivity index (χ1n) is 5.58. The first-order valence-corrected chi connectivity index (χ1v) is 6.37. The van der Waals surface area contributed by atoms with Crippen molar-refractivity contribution < 1.29 is 9.53 Å². The van der Waals surface area contributed by atoms with Gasteiger partial charge < -0.3 is 15.8 Å². The van der Waals surface area contributed by atoms with Gasteiger partial charge >= 0.3 is 0 Å². The van der Waals surface area contributed by atoms with E-state index in [1.165, 1.54) is 0 Å². The number of ether oxygens (including phenoxy) is 1. The average molecular weight is 299 g/mol. The van der Waals surface area contributed by atoms with Crippen molar-refractivity contribution in [3.8, 4) is 5.75 Å². The average Bonchev–Trinajstić information content (AvgIpc) is 3.06. The van der Waals surface area contributed by atoms with Gasteiger partial charge in [-0.3, -0.25) is 4.79 Å². The maximum atomic E-state index is 11.7. The second kappa shape index (κ2) is 4.96. The van der Waals surface area contributed by atoms with E-state index < -0.39 is 6.10 Å². The fourth-order valence-corrected chi connectivity index (χ4v) is 1.80. The molecule has 0 bridgehead atoms. The van der Waals surface area contributed by atoms with E-state index in [9.17, 15) is 4.79 Å². The summed E-state index contributed by atoms with van der Waals surface area (Å²) < 4.78 is 6.42. The smallest absolute Gasteiger partial charge is 0.260 e. The molecule has 4 nitrogen and oxygen atoms in total. The minimum atomic E-state index is -0.529. The topological polar surface area (TPSA) is 64.3 Å². The third-order valence-electron chi connectivity index (χ3n) is 2.57. The molecule has 0 saturated heterocycles. The van der Waals surface area contributed by atoms with E-state index in [4.69, 9.17) is 10.5 Å². The first-order chi connectivity index (χ1) is 8.06. The predicted octanol–water partition coefficient (Wildman–Crippen LogP) is 2.08. The summed E-state index contributed by atoms with van der Waals surface area (Å²) in [5.74, 6) is 0.446. The predicted molar refractivity (Wildman–Crippen MR) is 69.8 cm³/mol. The molecule has 1 aromatic rings. The van der Waals surface area contributed by atoms with Gasteiger partial charge in [0.15, 0.2) is 6.10 Å². The van der Waals surface area contributed by atoms with Gasteiger partial charge in [-0.25, -0.2) is 0 Å². The van der Waals surface area contributed by atoms with Gasteiger partial charge in [0.25, 0.3) is 5.91 Å². The molecule has 1 aliphatic rings. The van der Waals surface area contributed by atoms with Crippen LogP contribution in [0.25, 0.3) is 0 Å². The zero-order valence-electron chi connectivity index (χ0n) is 9.57. The Morgan fingerprint density at radius 2 is 2.29 bits per heavy atom. The van der Waals surface area contributed by atoms with Gasteiger partial charge in [0.2, 0.25) is 0 Å².